The van der Waals surface area contributed by atoms with Gasteiger partial charge in [0.1, 0.15) is 17.5 Å². The first-order chi connectivity index (χ1) is 15.6. The van der Waals surface area contributed by atoms with Crippen molar-refractivity contribution in [1.82, 2.24) is 19.9 Å². The fourth-order valence-electron chi connectivity index (χ4n) is 3.80. The summed E-state index contributed by atoms with van der Waals surface area (Å²) >= 11 is 0. The van der Waals surface area contributed by atoms with Crippen molar-refractivity contribution < 1.29 is 9.13 Å². The third kappa shape index (κ3) is 3.90. The molecule has 3 N–H and O–H groups in total. The van der Waals surface area contributed by atoms with Crippen LogP contribution < -0.4 is 16.0 Å². The maximum absolute atomic E-state index is 14.0. The molecule has 0 atom stereocenters. The molecule has 0 unspecified atom stereocenters. The van der Waals surface area contributed by atoms with Gasteiger partial charge in [0.15, 0.2) is 0 Å². The molecule has 1 fully saturated rings. The van der Waals surface area contributed by atoms with Crippen LogP contribution in [0.4, 0.5) is 27.7 Å². The summed E-state index contributed by atoms with van der Waals surface area (Å²) in [5.41, 5.74) is 9.62. The van der Waals surface area contributed by atoms with Crippen molar-refractivity contribution in [2.24, 2.45) is 0 Å². The van der Waals surface area contributed by atoms with Crippen molar-refractivity contribution in [2.45, 2.75) is 6.92 Å². The van der Waals surface area contributed by atoms with E-state index in [1.54, 1.807) is 18.3 Å². The summed E-state index contributed by atoms with van der Waals surface area (Å²) in [6, 6.07) is 11.8. The molecule has 0 bridgehead atoms. The second-order valence-electron chi connectivity index (χ2n) is 7.54. The molecule has 0 saturated carbocycles. The quantitative estimate of drug-likeness (QED) is 0.504. The van der Waals surface area contributed by atoms with Gasteiger partial charge in [-0.1, -0.05) is 6.07 Å². The fraction of sp³-hybridized carbons (Fsp3) is 0.217. The van der Waals surface area contributed by atoms with Crippen LogP contribution in [-0.2, 0) is 4.74 Å². The summed E-state index contributed by atoms with van der Waals surface area (Å²) in [7, 11) is 0. The molecule has 0 radical (unpaired) electrons. The van der Waals surface area contributed by atoms with E-state index in [4.69, 9.17) is 15.5 Å². The topological polar surface area (TPSA) is 102 Å². The fourth-order valence-corrected chi connectivity index (χ4v) is 3.80. The molecule has 8 nitrogen and oxygen atoms in total. The van der Waals surface area contributed by atoms with Gasteiger partial charge in [-0.2, -0.15) is 9.97 Å². The number of nitrogen functional groups attached to an aromatic ring is 1. The van der Waals surface area contributed by atoms with Gasteiger partial charge in [0, 0.05) is 42.4 Å². The minimum absolute atomic E-state index is 0.354. The van der Waals surface area contributed by atoms with E-state index in [0.29, 0.717) is 60.8 Å². The summed E-state index contributed by atoms with van der Waals surface area (Å²) in [5, 5.41) is 4.16. The van der Waals surface area contributed by atoms with E-state index >= 15 is 0 Å². The van der Waals surface area contributed by atoms with Gasteiger partial charge in [-0.25, -0.2) is 9.37 Å². The Morgan fingerprint density at radius 2 is 1.91 bits per heavy atom. The maximum atomic E-state index is 14.0. The highest BCUT2D eigenvalue weighted by molar-refractivity contribution is 5.97. The van der Waals surface area contributed by atoms with Gasteiger partial charge in [0.25, 0.3) is 0 Å². The van der Waals surface area contributed by atoms with Crippen LogP contribution >= 0.6 is 0 Å². The zero-order valence-electron chi connectivity index (χ0n) is 17.5. The molecule has 0 amide bonds. The standard InChI is InChI=1S/C23H22FN7O/c1-14-21(29-20-13-19(25)28-23(30-20)31-8-10-32-11-9-31)16-6-5-15(24)12-18(16)27-22(14)17-4-2-3-7-26-17/h2-7,12-13H,8-11H2,1H3,(H3,25,27,28,29,30). The van der Waals surface area contributed by atoms with Crippen molar-refractivity contribution in [3.8, 4) is 11.4 Å². The number of nitrogens with zero attached hydrogens (tertiary/aromatic N) is 5. The Labute approximate surface area is 184 Å². The van der Waals surface area contributed by atoms with Gasteiger partial charge in [-0.3, -0.25) is 4.98 Å². The second kappa shape index (κ2) is 8.35. The van der Waals surface area contributed by atoms with Crippen LogP contribution in [0.1, 0.15) is 5.56 Å². The SMILES string of the molecule is Cc1c(-c2ccccn2)nc2cc(F)ccc2c1Nc1cc(N)nc(N2CCOCC2)n1. The van der Waals surface area contributed by atoms with Crippen LogP contribution in [0.2, 0.25) is 0 Å². The number of ether oxygens (including phenoxy) is 1. The Kier molecular flexibility index (Phi) is 5.24. The Balaban J connectivity index is 1.62. The minimum atomic E-state index is -0.354. The van der Waals surface area contributed by atoms with E-state index in [1.165, 1.54) is 12.1 Å². The van der Waals surface area contributed by atoms with Gasteiger partial charge < -0.3 is 20.7 Å². The molecule has 162 valence electrons. The van der Waals surface area contributed by atoms with Gasteiger partial charge >= 0.3 is 0 Å². The number of nitrogens with two attached hydrogens (primary N) is 1. The number of rotatable bonds is 4. The zero-order chi connectivity index (χ0) is 22.1. The molecule has 0 aliphatic carbocycles. The van der Waals surface area contributed by atoms with E-state index in [1.807, 2.05) is 30.0 Å². The van der Waals surface area contributed by atoms with Crippen LogP contribution in [0.15, 0.2) is 48.7 Å². The summed E-state index contributed by atoms with van der Waals surface area (Å²) in [5.74, 6) is 1.09. The molecular formula is C23H22FN7O. The number of aromatic nitrogens is 4. The van der Waals surface area contributed by atoms with Crippen molar-refractivity contribution >= 4 is 34.2 Å². The molecule has 1 aliphatic heterocycles. The maximum Gasteiger partial charge on any atom is 0.229 e. The molecule has 1 aliphatic rings. The number of halogens is 1. The summed E-state index contributed by atoms with van der Waals surface area (Å²) < 4.78 is 19.4. The highest BCUT2D eigenvalue weighted by Crippen LogP contribution is 2.35. The number of anilines is 4. The highest BCUT2D eigenvalue weighted by atomic mass is 19.1. The third-order valence-corrected chi connectivity index (χ3v) is 5.38. The number of nitrogens with one attached hydrogen (secondary N) is 1. The molecule has 32 heavy (non-hydrogen) atoms. The average Bonchev–Trinajstić information content (AvgIpc) is 2.81. The summed E-state index contributed by atoms with van der Waals surface area (Å²) in [6.45, 7) is 4.59. The minimum Gasteiger partial charge on any atom is -0.383 e. The van der Waals surface area contributed by atoms with Crippen molar-refractivity contribution in [3.63, 3.8) is 0 Å². The Hall–Kier alpha value is -3.85. The first kappa shape index (κ1) is 20.1. The van der Waals surface area contributed by atoms with Gasteiger partial charge in [-0.15, -0.1) is 0 Å². The lowest BCUT2D eigenvalue weighted by molar-refractivity contribution is 0.122. The lowest BCUT2D eigenvalue weighted by Crippen LogP contribution is -2.37. The van der Waals surface area contributed by atoms with Gasteiger partial charge in [0.2, 0.25) is 5.95 Å². The van der Waals surface area contributed by atoms with Crippen LogP contribution in [0, 0.1) is 12.7 Å². The molecule has 1 aromatic carbocycles. The van der Waals surface area contributed by atoms with E-state index in [9.17, 15) is 4.39 Å². The van der Waals surface area contributed by atoms with Gasteiger partial charge in [-0.05, 0) is 31.2 Å². The number of hydrogen-bond acceptors (Lipinski definition) is 8. The van der Waals surface area contributed by atoms with Crippen molar-refractivity contribution in [2.75, 3.05) is 42.3 Å². The number of fused-ring (bicyclic) bond motifs is 1. The van der Waals surface area contributed by atoms with Crippen molar-refractivity contribution in [3.05, 3.63) is 60.0 Å². The first-order valence-corrected chi connectivity index (χ1v) is 10.3. The molecule has 0 spiro atoms. The molecule has 9 heteroatoms. The number of morpholine rings is 1. The smallest absolute Gasteiger partial charge is 0.229 e. The van der Waals surface area contributed by atoms with Gasteiger partial charge in [0.05, 0.1) is 35.8 Å². The number of pyridine rings is 2. The molecule has 3 aromatic heterocycles. The van der Waals surface area contributed by atoms with E-state index < -0.39 is 0 Å². The average molecular weight is 431 g/mol. The number of benzene rings is 1. The molecule has 5 rings (SSSR count). The molecule has 1 saturated heterocycles. The van der Waals surface area contributed by atoms with Crippen LogP contribution in [0.5, 0.6) is 0 Å². The molecule has 4 heterocycles. The van der Waals surface area contributed by atoms with E-state index in [0.717, 1.165) is 16.6 Å². The lowest BCUT2D eigenvalue weighted by Gasteiger charge is -2.27. The van der Waals surface area contributed by atoms with Crippen LogP contribution in [0.3, 0.4) is 0 Å². The lowest BCUT2D eigenvalue weighted by atomic mass is 10.0. The predicted octanol–water partition coefficient (Wildman–Crippen LogP) is 3.70. The Morgan fingerprint density at radius 1 is 1.06 bits per heavy atom. The second-order valence-corrected chi connectivity index (χ2v) is 7.54. The normalized spacial score (nSPS) is 14.0. The summed E-state index contributed by atoms with van der Waals surface area (Å²) in [6.07, 6.45) is 1.71. The molecule has 4 aromatic rings. The third-order valence-electron chi connectivity index (χ3n) is 5.38. The zero-order valence-corrected chi connectivity index (χ0v) is 17.5. The number of hydrogen-bond donors (Lipinski definition) is 2. The van der Waals surface area contributed by atoms with E-state index in [-0.39, 0.29) is 5.82 Å². The Bertz CT molecular complexity index is 1280. The van der Waals surface area contributed by atoms with E-state index in [2.05, 4.69) is 20.3 Å². The monoisotopic (exact) mass is 431 g/mol. The largest absolute Gasteiger partial charge is 0.383 e. The predicted molar refractivity (Wildman–Crippen MR) is 122 cm³/mol. The summed E-state index contributed by atoms with van der Waals surface area (Å²) in [4.78, 5) is 20.2. The van der Waals surface area contributed by atoms with Crippen LogP contribution in [0.25, 0.3) is 22.3 Å². The van der Waals surface area contributed by atoms with Crippen molar-refractivity contribution in [1.29, 1.82) is 0 Å². The van der Waals surface area contributed by atoms with Crippen LogP contribution in [-0.4, -0.2) is 46.2 Å². The first-order valence-electron chi connectivity index (χ1n) is 10.3. The molecular weight excluding hydrogens is 409 g/mol. The Morgan fingerprint density at radius 3 is 2.69 bits per heavy atom. The highest BCUT2D eigenvalue weighted by Gasteiger charge is 2.18.